The largest absolute Gasteiger partial charge is 0.480 e. The molecule has 0 aromatic heterocycles. The lowest BCUT2D eigenvalue weighted by Gasteiger charge is -2.47. The minimum atomic E-state index is -1.42. The van der Waals surface area contributed by atoms with Gasteiger partial charge in [0, 0.05) is 23.5 Å². The lowest BCUT2D eigenvalue weighted by atomic mass is 10.0. The van der Waals surface area contributed by atoms with Crippen molar-refractivity contribution in [2.45, 2.75) is 42.8 Å². The van der Waals surface area contributed by atoms with Gasteiger partial charge in [-0.05, 0) is 12.8 Å². The first-order chi connectivity index (χ1) is 11.6. The molecule has 0 bridgehead atoms. The van der Waals surface area contributed by atoms with Crippen LogP contribution in [0.1, 0.15) is 19.3 Å². The molecule has 12 heteroatoms. The van der Waals surface area contributed by atoms with E-state index in [1.54, 1.807) is 0 Å². The highest BCUT2D eigenvalue weighted by molar-refractivity contribution is 7.84. The van der Waals surface area contributed by atoms with E-state index in [4.69, 9.17) is 15.9 Å². The number of β-lactam (4-membered cyclic amide) rings is 1. The average Bonchev–Trinajstić information content (AvgIpc) is 2.51. The van der Waals surface area contributed by atoms with E-state index in [0.717, 1.165) is 4.90 Å². The zero-order valence-corrected chi connectivity index (χ0v) is 15.2. The van der Waals surface area contributed by atoms with Gasteiger partial charge in [0.05, 0.1) is 5.75 Å². The topological polar surface area (TPSA) is 167 Å². The zero-order chi connectivity index (χ0) is 19.3. The highest BCUT2D eigenvalue weighted by Crippen LogP contribution is 2.27. The summed E-state index contributed by atoms with van der Waals surface area (Å²) in [7, 11) is -1.42. The van der Waals surface area contributed by atoms with Crippen molar-refractivity contribution in [2.24, 2.45) is 5.73 Å². The van der Waals surface area contributed by atoms with Gasteiger partial charge in [0.15, 0.2) is 0 Å². The third-order valence-electron chi connectivity index (χ3n) is 3.67. The summed E-state index contributed by atoms with van der Waals surface area (Å²) < 4.78 is 11.3. The van der Waals surface area contributed by atoms with Crippen LogP contribution in [0.25, 0.3) is 0 Å². The Kier molecular flexibility index (Phi) is 7.83. The summed E-state index contributed by atoms with van der Waals surface area (Å²) in [5, 5.41) is 19.4. The van der Waals surface area contributed by atoms with Crippen LogP contribution in [-0.2, 0) is 30.0 Å². The van der Waals surface area contributed by atoms with Crippen LogP contribution in [-0.4, -0.2) is 78.6 Å². The predicted molar refractivity (Wildman–Crippen MR) is 91.4 cm³/mol. The van der Waals surface area contributed by atoms with Crippen molar-refractivity contribution in [2.75, 3.05) is 12.0 Å². The third-order valence-corrected chi connectivity index (χ3v) is 5.00. The number of carbonyl (C=O) groups excluding carboxylic acids is 2. The van der Waals surface area contributed by atoms with Crippen molar-refractivity contribution < 1.29 is 33.6 Å². The smallest absolute Gasteiger partial charge is 0.327 e. The van der Waals surface area contributed by atoms with E-state index in [-0.39, 0.29) is 25.0 Å². The molecule has 25 heavy (non-hydrogen) atoms. The normalized spacial score (nSPS) is 23.3. The molecule has 1 aliphatic heterocycles. The fourth-order valence-corrected chi connectivity index (χ4v) is 3.54. The van der Waals surface area contributed by atoms with E-state index in [1.165, 1.54) is 6.26 Å². The van der Waals surface area contributed by atoms with Gasteiger partial charge in [-0.3, -0.25) is 18.6 Å². The molecule has 1 saturated heterocycles. The lowest BCUT2D eigenvalue weighted by Crippen LogP contribution is -2.72. The van der Waals surface area contributed by atoms with E-state index >= 15 is 0 Å². The van der Waals surface area contributed by atoms with Crippen molar-refractivity contribution >= 4 is 47.2 Å². The van der Waals surface area contributed by atoms with Crippen molar-refractivity contribution in [1.82, 2.24) is 10.2 Å². The lowest BCUT2D eigenvalue weighted by molar-refractivity contribution is -0.160. The Labute approximate surface area is 152 Å². The molecule has 0 aromatic carbocycles. The first-order valence-electron chi connectivity index (χ1n) is 7.37. The van der Waals surface area contributed by atoms with Gasteiger partial charge in [0.1, 0.15) is 23.5 Å². The molecule has 2 amide bonds. The van der Waals surface area contributed by atoms with Crippen LogP contribution in [0.5, 0.6) is 0 Å². The van der Waals surface area contributed by atoms with Crippen LogP contribution >= 0.6 is 12.6 Å². The summed E-state index contributed by atoms with van der Waals surface area (Å²) >= 11 is 4.15. The second kappa shape index (κ2) is 9.15. The van der Waals surface area contributed by atoms with Gasteiger partial charge in [0.2, 0.25) is 11.8 Å². The number of carbonyl (C=O) groups is 4. The Morgan fingerprint density at radius 2 is 1.96 bits per heavy atom. The summed E-state index contributed by atoms with van der Waals surface area (Å²) in [6.45, 7) is 0. The summed E-state index contributed by atoms with van der Waals surface area (Å²) in [4.78, 5) is 46.7. The second-order valence-electron chi connectivity index (χ2n) is 5.64. The Bertz CT molecular complexity index is 586. The van der Waals surface area contributed by atoms with Crippen LogP contribution < -0.4 is 11.1 Å². The van der Waals surface area contributed by atoms with Crippen LogP contribution in [0.2, 0.25) is 0 Å². The van der Waals surface area contributed by atoms with Gasteiger partial charge in [-0.15, -0.1) is 0 Å². The van der Waals surface area contributed by atoms with Crippen LogP contribution in [0.15, 0.2) is 0 Å². The Morgan fingerprint density at radius 1 is 1.36 bits per heavy atom. The number of amides is 2. The molecule has 1 fully saturated rings. The number of thiol groups is 1. The van der Waals surface area contributed by atoms with Crippen molar-refractivity contribution in [3.8, 4) is 0 Å². The van der Waals surface area contributed by atoms with Gasteiger partial charge in [-0.2, -0.15) is 12.6 Å². The molecule has 0 radical (unpaired) electrons. The highest BCUT2D eigenvalue weighted by atomic mass is 32.2. The molecule has 1 aliphatic rings. The van der Waals surface area contributed by atoms with Crippen molar-refractivity contribution in [1.29, 1.82) is 0 Å². The molecular weight excluding hydrogens is 374 g/mol. The van der Waals surface area contributed by atoms with Gasteiger partial charge in [-0.25, -0.2) is 4.79 Å². The Hall–Kier alpha value is -1.66. The van der Waals surface area contributed by atoms with Crippen LogP contribution in [0, 0.1) is 0 Å². The molecular formula is C13H21N3O7S2. The fraction of sp³-hybridized carbons (Fsp3) is 0.692. The number of carboxylic acids is 2. The monoisotopic (exact) mass is 395 g/mol. The molecule has 5 N–H and O–H groups in total. The zero-order valence-electron chi connectivity index (χ0n) is 13.5. The van der Waals surface area contributed by atoms with E-state index in [9.17, 15) is 23.4 Å². The van der Waals surface area contributed by atoms with Crippen LogP contribution in [0.4, 0.5) is 0 Å². The minimum absolute atomic E-state index is 0.0212. The number of hydrogen-bond donors (Lipinski definition) is 5. The van der Waals surface area contributed by atoms with Crippen molar-refractivity contribution in [3.63, 3.8) is 0 Å². The molecule has 1 heterocycles. The average molecular weight is 395 g/mol. The van der Waals surface area contributed by atoms with Gasteiger partial charge in [-0.1, -0.05) is 0 Å². The number of rotatable bonds is 10. The quantitative estimate of drug-likeness (QED) is 0.209. The molecule has 1 rings (SSSR count). The van der Waals surface area contributed by atoms with E-state index in [0.29, 0.717) is 0 Å². The van der Waals surface area contributed by atoms with Crippen LogP contribution in [0.3, 0.4) is 0 Å². The van der Waals surface area contributed by atoms with E-state index in [1.807, 2.05) is 0 Å². The maximum absolute atomic E-state index is 12.1. The number of nitrogens with one attached hydrogen (secondary N) is 1. The van der Waals surface area contributed by atoms with Gasteiger partial charge < -0.3 is 26.2 Å². The number of hydrogen-bond acceptors (Lipinski definition) is 7. The maximum atomic E-state index is 12.1. The highest BCUT2D eigenvalue weighted by Gasteiger charge is 2.51. The number of carboxylic acid groups (broad SMARTS) is 2. The summed E-state index contributed by atoms with van der Waals surface area (Å²) in [5.41, 5.74) is 5.32. The molecule has 0 spiro atoms. The maximum Gasteiger partial charge on any atom is 0.327 e. The molecule has 142 valence electrons. The summed E-state index contributed by atoms with van der Waals surface area (Å²) in [5.74, 6) is -3.79. The number of nitrogens with zero attached hydrogens (tertiary/aromatic N) is 1. The van der Waals surface area contributed by atoms with Gasteiger partial charge >= 0.3 is 11.9 Å². The fourth-order valence-electron chi connectivity index (χ4n) is 2.32. The first-order valence-corrected chi connectivity index (χ1v) is 9.61. The standard InChI is InChI=1S/C13H21N3O7S2/c1-25(23)5-7(13(21)22)16-10(18)9(11(16)24)15-8(17)4-2-3-6(14)12(19)20/h6-7,9,11,24H,2-5,14H2,1H3,(H,15,17)(H,19,20)(H,21,22). The number of nitrogens with two attached hydrogens (primary N) is 1. The molecule has 5 atom stereocenters. The number of likely N-dealkylation sites (tertiary alicyclic amines) is 1. The Balaban J connectivity index is 2.53. The van der Waals surface area contributed by atoms with E-state index in [2.05, 4.69) is 17.9 Å². The SMILES string of the molecule is CS(=O)CC(C(=O)O)N1C(=O)C(NC(=O)CCCC(N)C(=O)O)C1S. The minimum Gasteiger partial charge on any atom is -0.480 e. The Morgan fingerprint density at radius 3 is 2.40 bits per heavy atom. The first kappa shape index (κ1) is 21.4. The summed E-state index contributed by atoms with van der Waals surface area (Å²) in [6, 6.07) is -3.31. The third kappa shape index (κ3) is 5.68. The molecule has 0 aliphatic carbocycles. The molecule has 0 aromatic rings. The molecule has 0 saturated carbocycles. The molecule has 5 unspecified atom stereocenters. The van der Waals surface area contributed by atoms with Crippen molar-refractivity contribution in [3.05, 3.63) is 0 Å². The van der Waals surface area contributed by atoms with E-state index < -0.39 is 58.1 Å². The summed E-state index contributed by atoms with van der Waals surface area (Å²) in [6.07, 6.45) is 1.65. The number of aliphatic carboxylic acids is 2. The molecule has 10 nitrogen and oxygen atoms in total. The predicted octanol–water partition coefficient (Wildman–Crippen LogP) is -2.02. The second-order valence-corrected chi connectivity index (χ2v) is 7.64. The van der Waals surface area contributed by atoms with Gasteiger partial charge in [0.25, 0.3) is 0 Å².